The molecule has 0 radical (unpaired) electrons. The minimum absolute atomic E-state index is 0.00341. The molecule has 25 heavy (non-hydrogen) atoms. The van der Waals surface area contributed by atoms with Gasteiger partial charge in [-0.15, -0.1) is 0 Å². The number of likely N-dealkylation sites (tertiary alicyclic amines) is 1. The lowest BCUT2D eigenvalue weighted by Gasteiger charge is -2.32. The molecule has 1 saturated heterocycles. The zero-order valence-corrected chi connectivity index (χ0v) is 14.6. The van der Waals surface area contributed by atoms with E-state index in [0.717, 1.165) is 43.7 Å². The molecule has 1 N–H and O–H groups in total. The first-order chi connectivity index (χ1) is 12.1. The number of amides is 1. The molecule has 1 aromatic heterocycles. The first kappa shape index (κ1) is 17.6. The number of hydrogen-bond acceptors (Lipinski definition) is 3. The molecule has 2 aromatic rings. The summed E-state index contributed by atoms with van der Waals surface area (Å²) in [4.78, 5) is 18.9. The van der Waals surface area contributed by atoms with Gasteiger partial charge in [0.2, 0.25) is 5.91 Å². The van der Waals surface area contributed by atoms with Gasteiger partial charge in [-0.2, -0.15) is 0 Å². The Hall–Kier alpha value is -2.21. The van der Waals surface area contributed by atoms with Gasteiger partial charge in [0.15, 0.2) is 0 Å². The van der Waals surface area contributed by atoms with Gasteiger partial charge in [0, 0.05) is 45.5 Å². The van der Waals surface area contributed by atoms with Crippen molar-refractivity contribution in [2.45, 2.75) is 25.8 Å². The van der Waals surface area contributed by atoms with E-state index in [1.165, 1.54) is 6.07 Å². The van der Waals surface area contributed by atoms with Gasteiger partial charge in [0.05, 0.1) is 5.92 Å². The highest BCUT2D eigenvalue weighted by Crippen LogP contribution is 2.19. The van der Waals surface area contributed by atoms with Crippen LogP contribution in [0.15, 0.2) is 36.7 Å². The number of aryl methyl sites for hydroxylation is 1. The Labute approximate surface area is 147 Å². The number of piperidine rings is 1. The smallest absolute Gasteiger partial charge is 0.224 e. The number of carbonyl (C=O) groups excluding carboxylic acids is 1. The van der Waals surface area contributed by atoms with Gasteiger partial charge in [0.25, 0.3) is 0 Å². The van der Waals surface area contributed by atoms with E-state index in [4.69, 9.17) is 0 Å². The standard InChI is InChI=1S/C19H25FN4O/c1-23-11-9-21-18(23)7-8-22-19(25)16-5-3-10-24(14-16)13-15-4-2-6-17(20)12-15/h2,4,6,9,11-12,16H,3,5,7-8,10,13-14H2,1H3,(H,22,25)/t16-/m0/s1. The van der Waals surface area contributed by atoms with Crippen molar-refractivity contribution < 1.29 is 9.18 Å². The monoisotopic (exact) mass is 344 g/mol. The molecular formula is C19H25FN4O. The number of aromatic nitrogens is 2. The fraction of sp³-hybridized carbons (Fsp3) is 0.474. The maximum Gasteiger partial charge on any atom is 0.224 e. The van der Waals surface area contributed by atoms with Crippen molar-refractivity contribution in [1.82, 2.24) is 19.8 Å². The van der Waals surface area contributed by atoms with E-state index < -0.39 is 0 Å². The molecule has 1 fully saturated rings. The van der Waals surface area contributed by atoms with Crippen LogP contribution in [0.5, 0.6) is 0 Å². The topological polar surface area (TPSA) is 50.2 Å². The predicted molar refractivity (Wildman–Crippen MR) is 94.3 cm³/mol. The highest BCUT2D eigenvalue weighted by molar-refractivity contribution is 5.78. The zero-order chi connectivity index (χ0) is 17.6. The van der Waals surface area contributed by atoms with Crippen LogP contribution < -0.4 is 5.32 Å². The van der Waals surface area contributed by atoms with Gasteiger partial charge in [-0.3, -0.25) is 9.69 Å². The van der Waals surface area contributed by atoms with Crippen molar-refractivity contribution in [2.75, 3.05) is 19.6 Å². The average Bonchev–Trinajstić information content (AvgIpc) is 3.00. The first-order valence-electron chi connectivity index (χ1n) is 8.82. The van der Waals surface area contributed by atoms with Crippen LogP contribution in [-0.2, 0) is 24.8 Å². The normalized spacial score (nSPS) is 18.2. The predicted octanol–water partition coefficient (Wildman–Crippen LogP) is 2.13. The molecular weight excluding hydrogens is 319 g/mol. The summed E-state index contributed by atoms with van der Waals surface area (Å²) >= 11 is 0. The fourth-order valence-electron chi connectivity index (χ4n) is 3.39. The van der Waals surface area contributed by atoms with Crippen molar-refractivity contribution in [1.29, 1.82) is 0 Å². The number of halogens is 1. The lowest BCUT2D eigenvalue weighted by molar-refractivity contribution is -0.126. The van der Waals surface area contributed by atoms with Gasteiger partial charge in [-0.25, -0.2) is 9.37 Å². The maximum atomic E-state index is 13.3. The molecule has 0 unspecified atom stereocenters. The molecule has 1 atom stereocenters. The average molecular weight is 344 g/mol. The van der Waals surface area contributed by atoms with Crippen molar-refractivity contribution >= 4 is 5.91 Å². The summed E-state index contributed by atoms with van der Waals surface area (Å²) in [6.45, 7) is 2.97. The molecule has 1 aliphatic heterocycles. The van der Waals surface area contributed by atoms with Crippen LogP contribution in [-0.4, -0.2) is 40.0 Å². The molecule has 0 aliphatic carbocycles. The summed E-state index contributed by atoms with van der Waals surface area (Å²) in [7, 11) is 1.95. The molecule has 0 saturated carbocycles. The van der Waals surface area contributed by atoms with Crippen LogP contribution in [0.3, 0.4) is 0 Å². The Balaban J connectivity index is 1.47. The van der Waals surface area contributed by atoms with Crippen LogP contribution in [0.1, 0.15) is 24.2 Å². The minimum Gasteiger partial charge on any atom is -0.355 e. The number of nitrogens with zero attached hydrogens (tertiary/aromatic N) is 3. The third-order valence-electron chi connectivity index (χ3n) is 4.74. The number of hydrogen-bond donors (Lipinski definition) is 1. The third-order valence-corrected chi connectivity index (χ3v) is 4.74. The highest BCUT2D eigenvalue weighted by atomic mass is 19.1. The highest BCUT2D eigenvalue weighted by Gasteiger charge is 2.25. The SMILES string of the molecule is Cn1ccnc1CCNC(=O)[C@H]1CCCN(Cc2cccc(F)c2)C1. The van der Waals surface area contributed by atoms with Gasteiger partial charge >= 0.3 is 0 Å². The van der Waals surface area contributed by atoms with Gasteiger partial charge in [0.1, 0.15) is 11.6 Å². The first-order valence-corrected chi connectivity index (χ1v) is 8.82. The largest absolute Gasteiger partial charge is 0.355 e. The van der Waals surface area contributed by atoms with E-state index in [9.17, 15) is 9.18 Å². The molecule has 0 spiro atoms. The lowest BCUT2D eigenvalue weighted by Crippen LogP contribution is -2.43. The number of carbonyl (C=O) groups is 1. The van der Waals surface area contributed by atoms with Crippen LogP contribution >= 0.6 is 0 Å². The zero-order valence-electron chi connectivity index (χ0n) is 14.6. The summed E-state index contributed by atoms with van der Waals surface area (Å²) in [5, 5.41) is 3.03. The van der Waals surface area contributed by atoms with Crippen LogP contribution in [0.25, 0.3) is 0 Å². The fourth-order valence-corrected chi connectivity index (χ4v) is 3.39. The van der Waals surface area contributed by atoms with Crippen LogP contribution in [0.4, 0.5) is 4.39 Å². The second-order valence-corrected chi connectivity index (χ2v) is 6.70. The molecule has 1 aliphatic rings. The third kappa shape index (κ3) is 4.89. The Bertz CT molecular complexity index is 715. The van der Waals surface area contributed by atoms with E-state index in [2.05, 4.69) is 15.2 Å². The Morgan fingerprint density at radius 1 is 1.44 bits per heavy atom. The summed E-state index contributed by atoms with van der Waals surface area (Å²) < 4.78 is 15.3. The van der Waals surface area contributed by atoms with Crippen LogP contribution in [0, 0.1) is 11.7 Å². The molecule has 3 rings (SSSR count). The maximum absolute atomic E-state index is 13.3. The van der Waals surface area contributed by atoms with E-state index in [-0.39, 0.29) is 17.6 Å². The van der Waals surface area contributed by atoms with Crippen molar-refractivity contribution in [3.05, 3.63) is 53.9 Å². The number of benzene rings is 1. The molecule has 1 aromatic carbocycles. The Morgan fingerprint density at radius 3 is 3.08 bits per heavy atom. The van der Waals surface area contributed by atoms with E-state index in [1.54, 1.807) is 18.3 Å². The van der Waals surface area contributed by atoms with E-state index in [0.29, 0.717) is 13.1 Å². The van der Waals surface area contributed by atoms with E-state index in [1.807, 2.05) is 23.9 Å². The van der Waals surface area contributed by atoms with Crippen LogP contribution in [0.2, 0.25) is 0 Å². The van der Waals surface area contributed by atoms with Gasteiger partial charge in [-0.05, 0) is 37.1 Å². The van der Waals surface area contributed by atoms with Crippen molar-refractivity contribution in [2.24, 2.45) is 13.0 Å². The summed E-state index contributed by atoms with van der Waals surface area (Å²) in [6, 6.07) is 6.68. The minimum atomic E-state index is -0.210. The van der Waals surface area contributed by atoms with Gasteiger partial charge in [-0.1, -0.05) is 12.1 Å². The van der Waals surface area contributed by atoms with Crippen molar-refractivity contribution in [3.8, 4) is 0 Å². The second kappa shape index (κ2) is 8.25. The number of imidazole rings is 1. The number of rotatable bonds is 6. The second-order valence-electron chi connectivity index (χ2n) is 6.70. The van der Waals surface area contributed by atoms with E-state index >= 15 is 0 Å². The molecule has 5 nitrogen and oxygen atoms in total. The molecule has 6 heteroatoms. The van der Waals surface area contributed by atoms with Gasteiger partial charge < -0.3 is 9.88 Å². The molecule has 134 valence electrons. The molecule has 0 bridgehead atoms. The summed E-state index contributed by atoms with van der Waals surface area (Å²) in [5.74, 6) is 0.872. The number of nitrogens with one attached hydrogen (secondary N) is 1. The Morgan fingerprint density at radius 2 is 2.32 bits per heavy atom. The Kier molecular flexibility index (Phi) is 5.81. The summed E-state index contributed by atoms with van der Waals surface area (Å²) in [5.41, 5.74) is 0.954. The quantitative estimate of drug-likeness (QED) is 0.873. The molecule has 2 heterocycles. The molecule has 1 amide bonds. The van der Waals surface area contributed by atoms with Crippen molar-refractivity contribution in [3.63, 3.8) is 0 Å². The summed E-state index contributed by atoms with van der Waals surface area (Å²) in [6.07, 6.45) is 6.31. The lowest BCUT2D eigenvalue weighted by atomic mass is 9.96.